The Labute approximate surface area is 137 Å². The predicted octanol–water partition coefficient (Wildman–Crippen LogP) is 5.99. The van der Waals surface area contributed by atoms with Crippen LogP contribution in [-0.4, -0.2) is 17.1 Å². The molecule has 2 aromatic carbocycles. The van der Waals surface area contributed by atoms with Gasteiger partial charge in [-0.25, -0.2) is 4.98 Å². The number of benzene rings is 2. The first-order chi connectivity index (χ1) is 11.5. The first kappa shape index (κ1) is 17.4. The maximum atomic E-state index is 14.2. The van der Waals surface area contributed by atoms with E-state index in [1.165, 1.54) is 30.3 Å². The third-order valence-electron chi connectivity index (χ3n) is 3.90. The van der Waals surface area contributed by atoms with E-state index in [2.05, 4.69) is 4.98 Å². The van der Waals surface area contributed by atoms with Gasteiger partial charge in [0, 0.05) is 10.8 Å². The van der Waals surface area contributed by atoms with Crippen LogP contribution >= 0.6 is 0 Å². The molecule has 0 unspecified atom stereocenters. The molecule has 1 nitrogen and oxygen atoms in total. The van der Waals surface area contributed by atoms with Crippen LogP contribution in [0.4, 0.5) is 30.7 Å². The van der Waals surface area contributed by atoms with Gasteiger partial charge in [0.25, 0.3) is 0 Å². The van der Waals surface area contributed by atoms with Crippen molar-refractivity contribution in [1.29, 1.82) is 0 Å². The minimum atomic E-state index is -6.42. The summed E-state index contributed by atoms with van der Waals surface area (Å²) in [7, 11) is 0. The zero-order valence-electron chi connectivity index (χ0n) is 12.6. The number of alkyl halides is 7. The lowest BCUT2D eigenvalue weighted by molar-refractivity contribution is -0.360. The maximum absolute atomic E-state index is 14.2. The highest BCUT2D eigenvalue weighted by molar-refractivity contribution is 6.07. The molecule has 0 N–H and O–H groups in total. The van der Waals surface area contributed by atoms with Gasteiger partial charge >= 0.3 is 18.0 Å². The molecule has 0 radical (unpaired) electrons. The topological polar surface area (TPSA) is 12.9 Å². The molecular formula is C17H10F7N. The number of hydrogen-bond acceptors (Lipinski definition) is 1. The second-order valence-corrected chi connectivity index (χ2v) is 5.67. The number of aromatic nitrogens is 1. The molecule has 0 saturated heterocycles. The van der Waals surface area contributed by atoms with Gasteiger partial charge in [-0.05, 0) is 24.4 Å². The second-order valence-electron chi connectivity index (χ2n) is 5.67. The van der Waals surface area contributed by atoms with Crippen molar-refractivity contribution >= 4 is 21.7 Å². The van der Waals surface area contributed by atoms with E-state index in [1.54, 1.807) is 13.0 Å². The summed E-state index contributed by atoms with van der Waals surface area (Å²) in [6.45, 7) is 1.73. The molecule has 0 aliphatic heterocycles. The number of rotatable bonds is 2. The van der Waals surface area contributed by atoms with Gasteiger partial charge in [0.2, 0.25) is 0 Å². The standard InChI is InChI=1S/C17H10F7N/c1-9-6-7-13-12(8-9)10-4-2-3-5-11(10)14(25-13)15(18,19)16(20,21)17(22,23)24/h2-8H,1H3. The highest BCUT2D eigenvalue weighted by Crippen LogP contribution is 2.52. The van der Waals surface area contributed by atoms with Gasteiger partial charge in [-0.1, -0.05) is 35.9 Å². The molecule has 0 aliphatic rings. The van der Waals surface area contributed by atoms with E-state index in [1.807, 2.05) is 0 Å². The quantitative estimate of drug-likeness (QED) is 0.404. The van der Waals surface area contributed by atoms with Crippen LogP contribution < -0.4 is 0 Å². The van der Waals surface area contributed by atoms with Crippen molar-refractivity contribution in [3.63, 3.8) is 0 Å². The van der Waals surface area contributed by atoms with Crippen LogP contribution in [0.25, 0.3) is 21.7 Å². The average Bonchev–Trinajstić information content (AvgIpc) is 2.53. The van der Waals surface area contributed by atoms with Crippen LogP contribution in [0.5, 0.6) is 0 Å². The highest BCUT2D eigenvalue weighted by Gasteiger charge is 2.74. The maximum Gasteiger partial charge on any atom is 0.460 e. The summed E-state index contributed by atoms with van der Waals surface area (Å²) in [5, 5.41) is 0.0730. The molecule has 3 rings (SSSR count). The molecule has 0 fully saturated rings. The van der Waals surface area contributed by atoms with Gasteiger partial charge in [0.15, 0.2) is 0 Å². The Bertz CT molecular complexity index is 960. The van der Waals surface area contributed by atoms with E-state index < -0.39 is 29.1 Å². The molecule has 0 spiro atoms. The lowest BCUT2D eigenvalue weighted by Gasteiger charge is -2.28. The summed E-state index contributed by atoms with van der Waals surface area (Å²) < 4.78 is 93.0. The largest absolute Gasteiger partial charge is 0.460 e. The van der Waals surface area contributed by atoms with E-state index in [9.17, 15) is 30.7 Å². The second kappa shape index (κ2) is 5.31. The first-order valence-corrected chi connectivity index (χ1v) is 7.09. The fourth-order valence-electron chi connectivity index (χ4n) is 2.63. The lowest BCUT2D eigenvalue weighted by Crippen LogP contribution is -2.50. The summed E-state index contributed by atoms with van der Waals surface area (Å²) in [6, 6.07) is 9.61. The smallest absolute Gasteiger partial charge is 0.246 e. The number of hydrogen-bond donors (Lipinski definition) is 0. The minimum Gasteiger partial charge on any atom is -0.246 e. The van der Waals surface area contributed by atoms with Crippen LogP contribution in [0.15, 0.2) is 42.5 Å². The molecule has 25 heavy (non-hydrogen) atoms. The molecule has 0 atom stereocenters. The van der Waals surface area contributed by atoms with Gasteiger partial charge in [-0.2, -0.15) is 30.7 Å². The Kier molecular flexibility index (Phi) is 3.70. The number of nitrogens with zero attached hydrogens (tertiary/aromatic N) is 1. The molecule has 3 aromatic rings. The summed E-state index contributed by atoms with van der Waals surface area (Å²) in [5.41, 5.74) is -0.918. The van der Waals surface area contributed by atoms with Crippen LogP contribution in [0.2, 0.25) is 0 Å². The van der Waals surface area contributed by atoms with Crippen molar-refractivity contribution in [2.24, 2.45) is 0 Å². The third-order valence-corrected chi connectivity index (χ3v) is 3.90. The van der Waals surface area contributed by atoms with E-state index in [0.29, 0.717) is 5.39 Å². The molecule has 1 heterocycles. The number of pyridine rings is 1. The van der Waals surface area contributed by atoms with Crippen molar-refractivity contribution in [2.75, 3.05) is 0 Å². The predicted molar refractivity (Wildman–Crippen MR) is 78.9 cm³/mol. The van der Waals surface area contributed by atoms with Gasteiger partial charge in [-0.3, -0.25) is 0 Å². The zero-order valence-corrected chi connectivity index (χ0v) is 12.6. The van der Waals surface area contributed by atoms with Crippen molar-refractivity contribution in [3.05, 3.63) is 53.7 Å². The van der Waals surface area contributed by atoms with Gasteiger partial charge in [0.1, 0.15) is 5.69 Å². The number of aryl methyl sites for hydroxylation is 1. The SMILES string of the molecule is Cc1ccc2nc(C(F)(F)C(F)(F)C(F)(F)F)c3ccccc3c2c1. The Morgan fingerprint density at radius 1 is 0.760 bits per heavy atom. The van der Waals surface area contributed by atoms with E-state index in [4.69, 9.17) is 0 Å². The summed E-state index contributed by atoms with van der Waals surface area (Å²) in [5.74, 6) is -11.8. The van der Waals surface area contributed by atoms with E-state index in [-0.39, 0.29) is 10.9 Å². The monoisotopic (exact) mass is 361 g/mol. The van der Waals surface area contributed by atoms with Gasteiger partial charge in [0.05, 0.1) is 5.52 Å². The summed E-state index contributed by atoms with van der Waals surface area (Å²) >= 11 is 0. The number of fused-ring (bicyclic) bond motifs is 3. The Morgan fingerprint density at radius 2 is 1.36 bits per heavy atom. The molecule has 1 aromatic heterocycles. The highest BCUT2D eigenvalue weighted by atomic mass is 19.4. The van der Waals surface area contributed by atoms with Crippen LogP contribution in [0.1, 0.15) is 11.3 Å². The fraction of sp³-hybridized carbons (Fsp3) is 0.235. The molecule has 0 bridgehead atoms. The average molecular weight is 361 g/mol. The molecular weight excluding hydrogens is 351 g/mol. The van der Waals surface area contributed by atoms with Crippen LogP contribution in [-0.2, 0) is 5.92 Å². The third kappa shape index (κ3) is 2.51. The van der Waals surface area contributed by atoms with Crippen molar-refractivity contribution in [1.82, 2.24) is 4.98 Å². The fourth-order valence-corrected chi connectivity index (χ4v) is 2.63. The minimum absolute atomic E-state index is 0.0862. The Morgan fingerprint density at radius 3 is 1.96 bits per heavy atom. The molecule has 8 heteroatoms. The Hall–Kier alpha value is -2.38. The molecule has 0 amide bonds. The van der Waals surface area contributed by atoms with Crippen LogP contribution in [0, 0.1) is 6.92 Å². The number of halogens is 7. The molecule has 132 valence electrons. The molecule has 0 aliphatic carbocycles. The van der Waals surface area contributed by atoms with E-state index in [0.717, 1.165) is 11.6 Å². The van der Waals surface area contributed by atoms with E-state index >= 15 is 0 Å². The van der Waals surface area contributed by atoms with Crippen molar-refractivity contribution in [3.8, 4) is 0 Å². The molecule has 0 saturated carbocycles. The van der Waals surface area contributed by atoms with Crippen molar-refractivity contribution < 1.29 is 30.7 Å². The van der Waals surface area contributed by atoms with Crippen LogP contribution in [0.3, 0.4) is 0 Å². The van der Waals surface area contributed by atoms with Gasteiger partial charge < -0.3 is 0 Å². The zero-order chi connectivity index (χ0) is 18.6. The van der Waals surface area contributed by atoms with Gasteiger partial charge in [-0.15, -0.1) is 0 Å². The summed E-state index contributed by atoms with van der Waals surface area (Å²) in [4.78, 5) is 3.47. The first-order valence-electron chi connectivity index (χ1n) is 7.09. The normalized spacial score (nSPS) is 13.6. The lowest BCUT2D eigenvalue weighted by atomic mass is 9.97. The summed E-state index contributed by atoms with van der Waals surface area (Å²) in [6.07, 6.45) is -6.42. The Balaban J connectivity index is 2.41. The van der Waals surface area contributed by atoms with Crippen molar-refractivity contribution in [2.45, 2.75) is 24.9 Å².